The van der Waals surface area contributed by atoms with Gasteiger partial charge < -0.3 is 25.3 Å². The lowest BCUT2D eigenvalue weighted by molar-refractivity contribution is 0.200. The molecule has 0 saturated carbocycles. The predicted molar refractivity (Wildman–Crippen MR) is 182 cm³/mol. The zero-order chi connectivity index (χ0) is 30.3. The van der Waals surface area contributed by atoms with Crippen LogP contribution in [0.1, 0.15) is 12.5 Å². The van der Waals surface area contributed by atoms with Gasteiger partial charge in [-0.2, -0.15) is 0 Å². The van der Waals surface area contributed by atoms with Crippen LogP contribution >= 0.6 is 11.8 Å². The Kier molecular flexibility index (Phi) is 9.34. The van der Waals surface area contributed by atoms with Crippen LogP contribution < -0.4 is 20.3 Å². The van der Waals surface area contributed by atoms with E-state index < -0.39 is 0 Å². The molecule has 4 aromatic carbocycles. The summed E-state index contributed by atoms with van der Waals surface area (Å²) in [5.41, 5.74) is 7.17. The number of para-hydroxylation sites is 1. The minimum atomic E-state index is -0.277. The normalized spacial score (nSPS) is 13.6. The molecule has 0 atom stereocenters. The first kappa shape index (κ1) is 29.6. The lowest BCUT2D eigenvalue weighted by atomic mass is 10.1. The van der Waals surface area contributed by atoms with Crippen LogP contribution in [-0.4, -0.2) is 66.5 Å². The third-order valence-electron chi connectivity index (χ3n) is 7.98. The molecule has 0 spiro atoms. The fourth-order valence-electron chi connectivity index (χ4n) is 5.41. The number of H-pyrrole nitrogens is 1. The summed E-state index contributed by atoms with van der Waals surface area (Å²) in [5.74, 6) is 1.70. The van der Waals surface area contributed by atoms with E-state index in [9.17, 15) is 4.79 Å². The summed E-state index contributed by atoms with van der Waals surface area (Å²) < 4.78 is 6.01. The number of carbonyl (C=O) groups is 1. The standard InChI is InChI=1S/C35H38N6O2S/c1-3-25-7-9-26(10-8-25)34-38-31-5-4-6-32(33(31)39-34)41-21-19-40(20-22-41)23-24-43-29-15-11-27(12-16-29)36-35(42)37-28-13-17-30(44-2)18-14-28/h4-18H,3,19-24H2,1-2H3,(H,38,39)(H2,36,37,42). The molecule has 44 heavy (non-hydrogen) atoms. The number of hydrogen-bond donors (Lipinski definition) is 3. The van der Waals surface area contributed by atoms with Crippen LogP contribution in [0.15, 0.2) is 95.9 Å². The molecule has 1 aliphatic rings. The van der Waals surface area contributed by atoms with Gasteiger partial charge in [0, 0.05) is 54.6 Å². The van der Waals surface area contributed by atoms with Crippen molar-refractivity contribution in [3.63, 3.8) is 0 Å². The number of hydrogen-bond acceptors (Lipinski definition) is 6. The number of aromatic amines is 1. The monoisotopic (exact) mass is 606 g/mol. The molecule has 8 nitrogen and oxygen atoms in total. The van der Waals surface area contributed by atoms with Gasteiger partial charge in [0.25, 0.3) is 0 Å². The third-order valence-corrected chi connectivity index (χ3v) is 8.72. The molecule has 1 fully saturated rings. The lowest BCUT2D eigenvalue weighted by Crippen LogP contribution is -2.47. The number of aromatic nitrogens is 2. The highest BCUT2D eigenvalue weighted by molar-refractivity contribution is 7.98. The number of benzene rings is 4. The number of nitrogens with one attached hydrogen (secondary N) is 3. The molecule has 0 unspecified atom stereocenters. The second kappa shape index (κ2) is 13.9. The molecule has 1 saturated heterocycles. The van der Waals surface area contributed by atoms with E-state index in [4.69, 9.17) is 9.72 Å². The number of nitrogens with zero attached hydrogens (tertiary/aromatic N) is 3. The molecule has 3 N–H and O–H groups in total. The van der Waals surface area contributed by atoms with Gasteiger partial charge in [-0.3, -0.25) is 4.90 Å². The minimum absolute atomic E-state index is 0.277. The fraction of sp³-hybridized carbons (Fsp3) is 0.257. The van der Waals surface area contributed by atoms with Crippen LogP contribution in [0, 0.1) is 0 Å². The number of fused-ring (bicyclic) bond motifs is 1. The summed E-state index contributed by atoms with van der Waals surface area (Å²) in [7, 11) is 0. The number of imidazole rings is 1. The first-order chi connectivity index (χ1) is 21.6. The molecular formula is C35H38N6O2S. The molecule has 6 rings (SSSR count). The SMILES string of the molecule is CCc1ccc(-c2nc3c(N4CCN(CCOc5ccc(NC(=O)Nc6ccc(SC)cc6)cc5)CC4)cccc3[nH]2)cc1. The van der Waals surface area contributed by atoms with Gasteiger partial charge in [-0.25, -0.2) is 9.78 Å². The van der Waals surface area contributed by atoms with Crippen molar-refractivity contribution in [1.29, 1.82) is 0 Å². The van der Waals surface area contributed by atoms with Crippen molar-refractivity contribution >= 4 is 45.9 Å². The van der Waals surface area contributed by atoms with Crippen molar-refractivity contribution in [1.82, 2.24) is 14.9 Å². The second-order valence-corrected chi connectivity index (χ2v) is 11.7. The van der Waals surface area contributed by atoms with E-state index in [0.29, 0.717) is 12.3 Å². The molecule has 226 valence electrons. The number of rotatable bonds is 10. The van der Waals surface area contributed by atoms with Gasteiger partial charge in [-0.15, -0.1) is 11.8 Å². The molecule has 5 aromatic rings. The smallest absolute Gasteiger partial charge is 0.323 e. The molecule has 9 heteroatoms. The fourth-order valence-corrected chi connectivity index (χ4v) is 5.82. The molecule has 0 aliphatic carbocycles. The summed E-state index contributed by atoms with van der Waals surface area (Å²) >= 11 is 1.67. The number of urea groups is 1. The number of carbonyl (C=O) groups excluding carboxylic acids is 1. The molecule has 1 aromatic heterocycles. The summed E-state index contributed by atoms with van der Waals surface area (Å²) in [6, 6.07) is 30.0. The summed E-state index contributed by atoms with van der Waals surface area (Å²) in [4.78, 5) is 26.9. The van der Waals surface area contributed by atoms with Crippen LogP contribution in [0.3, 0.4) is 0 Å². The maximum atomic E-state index is 12.4. The minimum Gasteiger partial charge on any atom is -0.492 e. The molecule has 2 amide bonds. The van der Waals surface area contributed by atoms with Gasteiger partial charge in [0.1, 0.15) is 23.7 Å². The quantitative estimate of drug-likeness (QED) is 0.144. The van der Waals surface area contributed by atoms with Gasteiger partial charge in [0.05, 0.1) is 11.2 Å². The zero-order valence-corrected chi connectivity index (χ0v) is 26.0. The maximum absolute atomic E-state index is 12.4. The topological polar surface area (TPSA) is 85.5 Å². The number of thioether (sulfide) groups is 1. The Bertz CT molecular complexity index is 1680. The molecule has 1 aliphatic heterocycles. The van der Waals surface area contributed by atoms with E-state index in [0.717, 1.165) is 77.9 Å². The van der Waals surface area contributed by atoms with Gasteiger partial charge in [0.15, 0.2) is 0 Å². The molecule has 0 radical (unpaired) electrons. The van der Waals surface area contributed by atoms with Crippen LogP contribution in [0.5, 0.6) is 5.75 Å². The van der Waals surface area contributed by atoms with E-state index in [1.807, 2.05) is 54.8 Å². The second-order valence-electron chi connectivity index (χ2n) is 10.8. The number of aryl methyl sites for hydroxylation is 1. The largest absolute Gasteiger partial charge is 0.492 e. The third kappa shape index (κ3) is 7.18. The summed E-state index contributed by atoms with van der Waals surface area (Å²) in [6.07, 6.45) is 3.06. The highest BCUT2D eigenvalue weighted by Gasteiger charge is 2.20. The summed E-state index contributed by atoms with van der Waals surface area (Å²) in [5, 5.41) is 5.72. The van der Waals surface area contributed by atoms with E-state index >= 15 is 0 Å². The van der Waals surface area contributed by atoms with Crippen molar-refractivity contribution in [2.24, 2.45) is 0 Å². The predicted octanol–water partition coefficient (Wildman–Crippen LogP) is 7.36. The number of amides is 2. The average molecular weight is 607 g/mol. The highest BCUT2D eigenvalue weighted by atomic mass is 32.2. The van der Waals surface area contributed by atoms with Crippen molar-refractivity contribution in [2.75, 3.05) is 61.1 Å². The van der Waals surface area contributed by atoms with E-state index in [1.54, 1.807) is 11.8 Å². The van der Waals surface area contributed by atoms with Crippen LogP contribution in [-0.2, 0) is 6.42 Å². The van der Waals surface area contributed by atoms with Crippen molar-refractivity contribution in [3.05, 3.63) is 96.6 Å². The Hall–Kier alpha value is -4.47. The van der Waals surface area contributed by atoms with Crippen molar-refractivity contribution < 1.29 is 9.53 Å². The first-order valence-electron chi connectivity index (χ1n) is 15.1. The Morgan fingerprint density at radius 3 is 2.23 bits per heavy atom. The molecule has 0 bridgehead atoms. The Labute approximate surface area is 262 Å². The van der Waals surface area contributed by atoms with Gasteiger partial charge in [0.2, 0.25) is 0 Å². The lowest BCUT2D eigenvalue weighted by Gasteiger charge is -2.36. The van der Waals surface area contributed by atoms with E-state index in [-0.39, 0.29) is 6.03 Å². The Balaban J connectivity index is 0.960. The van der Waals surface area contributed by atoms with E-state index in [1.165, 1.54) is 11.3 Å². The van der Waals surface area contributed by atoms with Crippen molar-refractivity contribution in [2.45, 2.75) is 18.2 Å². The maximum Gasteiger partial charge on any atom is 0.323 e. The van der Waals surface area contributed by atoms with Crippen LogP contribution in [0.2, 0.25) is 0 Å². The zero-order valence-electron chi connectivity index (χ0n) is 25.2. The van der Waals surface area contributed by atoms with Gasteiger partial charge in [-0.1, -0.05) is 37.3 Å². The van der Waals surface area contributed by atoms with Crippen LogP contribution in [0.25, 0.3) is 22.4 Å². The summed E-state index contributed by atoms with van der Waals surface area (Å²) in [6.45, 7) is 7.45. The Morgan fingerprint density at radius 2 is 1.57 bits per heavy atom. The number of piperazine rings is 1. The first-order valence-corrected chi connectivity index (χ1v) is 16.3. The average Bonchev–Trinajstić information content (AvgIpc) is 3.51. The molecular weight excluding hydrogens is 568 g/mol. The van der Waals surface area contributed by atoms with Gasteiger partial charge in [-0.05, 0) is 78.9 Å². The Morgan fingerprint density at radius 1 is 0.886 bits per heavy atom. The van der Waals surface area contributed by atoms with Gasteiger partial charge >= 0.3 is 6.03 Å². The molecule has 2 heterocycles. The van der Waals surface area contributed by atoms with E-state index in [2.05, 4.69) is 74.8 Å². The van der Waals surface area contributed by atoms with Crippen molar-refractivity contribution in [3.8, 4) is 17.1 Å². The van der Waals surface area contributed by atoms with Crippen LogP contribution in [0.4, 0.5) is 21.9 Å². The number of ether oxygens (including phenoxy) is 1. The highest BCUT2D eigenvalue weighted by Crippen LogP contribution is 2.29. The number of anilines is 3.